The predicted molar refractivity (Wildman–Crippen MR) is 85.4 cm³/mol. The van der Waals surface area contributed by atoms with E-state index in [4.69, 9.17) is 0 Å². The average Bonchev–Trinajstić information content (AvgIpc) is 2.83. The minimum absolute atomic E-state index is 1.07. The molecule has 0 atom stereocenters. The number of benzene rings is 2. The van der Waals surface area contributed by atoms with Gasteiger partial charge in [0.25, 0.3) is 0 Å². The van der Waals surface area contributed by atoms with Gasteiger partial charge in [0.15, 0.2) is 0 Å². The van der Waals surface area contributed by atoms with E-state index in [1.54, 1.807) is 0 Å². The minimum atomic E-state index is 1.07. The van der Waals surface area contributed by atoms with Crippen LogP contribution in [0.15, 0.2) is 78.4 Å². The Kier molecular flexibility index (Phi) is 2.50. The third-order valence-electron chi connectivity index (χ3n) is 4.24. The van der Waals surface area contributed by atoms with Crippen molar-refractivity contribution in [1.29, 1.82) is 0 Å². The molecule has 2 aromatic carbocycles. The quantitative estimate of drug-likeness (QED) is 0.507. The van der Waals surface area contributed by atoms with Crippen LogP contribution >= 0.6 is 0 Å². The Morgan fingerprint density at radius 3 is 1.70 bits per heavy atom. The standard InChI is InChI=1S/C20H16/c1-14-10-12-15(13-11-14)20-18-8-4-2-6-16(18)17-7-3-5-9-19(17)20/h2-10,12H,1,11,13H2. The summed E-state index contributed by atoms with van der Waals surface area (Å²) in [7, 11) is 0. The molecule has 4 rings (SSSR count). The van der Waals surface area contributed by atoms with Gasteiger partial charge in [-0.25, -0.2) is 0 Å². The summed E-state index contributed by atoms with van der Waals surface area (Å²) in [5.41, 5.74) is 9.57. The second-order valence-electron chi connectivity index (χ2n) is 5.48. The van der Waals surface area contributed by atoms with Gasteiger partial charge in [-0.15, -0.1) is 0 Å². The lowest BCUT2D eigenvalue weighted by atomic mass is 9.90. The summed E-state index contributed by atoms with van der Waals surface area (Å²) in [5.74, 6) is 0. The molecule has 0 nitrogen and oxygen atoms in total. The van der Waals surface area contributed by atoms with Crippen LogP contribution in [0.1, 0.15) is 24.0 Å². The van der Waals surface area contributed by atoms with Crippen LogP contribution in [0.5, 0.6) is 0 Å². The lowest BCUT2D eigenvalue weighted by Crippen LogP contribution is -1.94. The molecule has 0 heteroatoms. The zero-order valence-corrected chi connectivity index (χ0v) is 11.4. The molecule has 2 aliphatic carbocycles. The maximum atomic E-state index is 4.05. The summed E-state index contributed by atoms with van der Waals surface area (Å²) in [6.45, 7) is 4.05. The molecule has 0 saturated carbocycles. The average molecular weight is 256 g/mol. The largest absolute Gasteiger partial charge is 0.0958 e. The van der Waals surface area contributed by atoms with E-state index in [2.05, 4.69) is 67.3 Å². The first-order valence-electron chi connectivity index (χ1n) is 7.13. The summed E-state index contributed by atoms with van der Waals surface area (Å²) in [6.07, 6.45) is 6.57. The van der Waals surface area contributed by atoms with Crippen LogP contribution in [0.25, 0.3) is 16.7 Å². The van der Waals surface area contributed by atoms with Crippen molar-refractivity contribution in [3.05, 3.63) is 89.5 Å². The first kappa shape index (κ1) is 11.5. The van der Waals surface area contributed by atoms with Crippen LogP contribution in [0.4, 0.5) is 0 Å². The van der Waals surface area contributed by atoms with Crippen LogP contribution in [-0.4, -0.2) is 0 Å². The fourth-order valence-electron chi connectivity index (χ4n) is 3.25. The second-order valence-corrected chi connectivity index (χ2v) is 5.48. The molecule has 0 fully saturated rings. The zero-order chi connectivity index (χ0) is 13.5. The van der Waals surface area contributed by atoms with Crippen LogP contribution in [0.2, 0.25) is 0 Å². The Bertz CT molecular complexity index is 725. The number of rotatable bonds is 0. The topological polar surface area (TPSA) is 0 Å². The highest BCUT2D eigenvalue weighted by Crippen LogP contribution is 2.46. The Morgan fingerprint density at radius 1 is 0.650 bits per heavy atom. The van der Waals surface area contributed by atoms with E-state index in [0.717, 1.165) is 12.8 Å². The van der Waals surface area contributed by atoms with Crippen LogP contribution < -0.4 is 0 Å². The smallest absolute Gasteiger partial charge is 0.00667 e. The van der Waals surface area contributed by atoms with Crippen molar-refractivity contribution in [3.8, 4) is 11.1 Å². The summed E-state index contributed by atoms with van der Waals surface area (Å²) in [6, 6.07) is 17.5. The summed E-state index contributed by atoms with van der Waals surface area (Å²) in [4.78, 5) is 0. The summed E-state index contributed by atoms with van der Waals surface area (Å²) in [5, 5.41) is 0. The molecule has 96 valence electrons. The van der Waals surface area contributed by atoms with Gasteiger partial charge < -0.3 is 0 Å². The minimum Gasteiger partial charge on any atom is -0.0958 e. The van der Waals surface area contributed by atoms with Gasteiger partial charge >= 0.3 is 0 Å². The molecule has 0 radical (unpaired) electrons. The van der Waals surface area contributed by atoms with E-state index < -0.39 is 0 Å². The third kappa shape index (κ3) is 1.61. The van der Waals surface area contributed by atoms with E-state index in [-0.39, 0.29) is 0 Å². The molecule has 0 aromatic heterocycles. The molecular weight excluding hydrogens is 240 g/mol. The highest BCUT2D eigenvalue weighted by molar-refractivity contribution is 6.02. The SMILES string of the molecule is C=C1C=CC(=C2c3ccccc3-c3ccccc32)CC1. The lowest BCUT2D eigenvalue weighted by molar-refractivity contribution is 0.954. The first-order valence-corrected chi connectivity index (χ1v) is 7.13. The number of hydrogen-bond donors (Lipinski definition) is 0. The molecular formula is C20H16. The number of fused-ring (bicyclic) bond motifs is 3. The van der Waals surface area contributed by atoms with Crippen molar-refractivity contribution >= 4 is 5.57 Å². The van der Waals surface area contributed by atoms with Gasteiger partial charge in [0.05, 0.1) is 0 Å². The summed E-state index contributed by atoms with van der Waals surface area (Å²) < 4.78 is 0. The van der Waals surface area contributed by atoms with E-state index in [9.17, 15) is 0 Å². The van der Waals surface area contributed by atoms with Crippen LogP contribution in [0, 0.1) is 0 Å². The fraction of sp³-hybridized carbons (Fsp3) is 0.100. The predicted octanol–water partition coefficient (Wildman–Crippen LogP) is 5.38. The van der Waals surface area contributed by atoms with Gasteiger partial charge in [-0.05, 0) is 46.2 Å². The van der Waals surface area contributed by atoms with E-state index >= 15 is 0 Å². The second kappa shape index (κ2) is 4.35. The summed E-state index contributed by atoms with van der Waals surface area (Å²) >= 11 is 0. The Labute approximate surface area is 119 Å². The molecule has 0 aliphatic heterocycles. The number of hydrogen-bond acceptors (Lipinski definition) is 0. The molecule has 2 aromatic rings. The van der Waals surface area contributed by atoms with Gasteiger partial charge in [0.2, 0.25) is 0 Å². The van der Waals surface area contributed by atoms with E-state index in [1.807, 2.05) is 0 Å². The van der Waals surface area contributed by atoms with Crippen molar-refractivity contribution in [2.45, 2.75) is 12.8 Å². The van der Waals surface area contributed by atoms with Crippen LogP contribution in [-0.2, 0) is 0 Å². The molecule has 0 heterocycles. The molecule has 0 spiro atoms. The molecule has 0 saturated heterocycles. The van der Waals surface area contributed by atoms with Crippen molar-refractivity contribution in [2.75, 3.05) is 0 Å². The van der Waals surface area contributed by atoms with Crippen molar-refractivity contribution in [2.24, 2.45) is 0 Å². The van der Waals surface area contributed by atoms with Gasteiger partial charge in [0, 0.05) is 0 Å². The van der Waals surface area contributed by atoms with Crippen molar-refractivity contribution < 1.29 is 0 Å². The monoisotopic (exact) mass is 256 g/mol. The van der Waals surface area contributed by atoms with E-state index in [0.29, 0.717) is 0 Å². The molecule has 2 aliphatic rings. The van der Waals surface area contributed by atoms with Gasteiger partial charge in [0.1, 0.15) is 0 Å². The van der Waals surface area contributed by atoms with Gasteiger partial charge in [-0.2, -0.15) is 0 Å². The molecule has 0 bridgehead atoms. The molecule has 0 unspecified atom stereocenters. The first-order chi connectivity index (χ1) is 9.84. The normalized spacial score (nSPS) is 16.3. The van der Waals surface area contributed by atoms with Crippen molar-refractivity contribution in [3.63, 3.8) is 0 Å². The van der Waals surface area contributed by atoms with Crippen LogP contribution in [0.3, 0.4) is 0 Å². The molecule has 0 N–H and O–H groups in total. The Morgan fingerprint density at radius 2 is 1.20 bits per heavy atom. The van der Waals surface area contributed by atoms with Gasteiger partial charge in [-0.3, -0.25) is 0 Å². The van der Waals surface area contributed by atoms with Gasteiger partial charge in [-0.1, -0.05) is 72.8 Å². The molecule has 20 heavy (non-hydrogen) atoms. The maximum absolute atomic E-state index is 4.05. The highest BCUT2D eigenvalue weighted by Gasteiger charge is 2.24. The maximum Gasteiger partial charge on any atom is -0.00667 e. The Balaban J connectivity index is 2.03. The zero-order valence-electron chi connectivity index (χ0n) is 11.4. The lowest BCUT2D eigenvalue weighted by Gasteiger charge is -2.14. The van der Waals surface area contributed by atoms with E-state index in [1.165, 1.54) is 39.0 Å². The number of allylic oxidation sites excluding steroid dienone is 4. The third-order valence-corrected chi connectivity index (χ3v) is 4.24. The van der Waals surface area contributed by atoms with Crippen molar-refractivity contribution in [1.82, 2.24) is 0 Å². The Hall–Kier alpha value is -2.34. The highest BCUT2D eigenvalue weighted by atomic mass is 14.3. The molecule has 0 amide bonds. The fourth-order valence-corrected chi connectivity index (χ4v) is 3.25.